The van der Waals surface area contributed by atoms with Crippen LogP contribution >= 0.6 is 15.9 Å². The summed E-state index contributed by atoms with van der Waals surface area (Å²) >= 11 is 3.57. The highest BCUT2D eigenvalue weighted by atomic mass is 79.9. The fraction of sp³-hybridized carbons (Fsp3) is 0.769. The molecule has 0 bridgehead atoms. The summed E-state index contributed by atoms with van der Waals surface area (Å²) in [6.45, 7) is 2.12. The van der Waals surface area contributed by atoms with Crippen molar-refractivity contribution in [2.24, 2.45) is 7.05 Å². The lowest BCUT2D eigenvalue weighted by atomic mass is 9.94. The number of aryl methyl sites for hydroxylation is 1. The summed E-state index contributed by atoms with van der Waals surface area (Å²) in [5, 5.41) is 5.54. The SMILES string of the molecule is Cn1ccc(CN(CCBr)C2CCCCC2)n1. The number of nitrogens with zero attached hydrogens (tertiary/aromatic N) is 3. The van der Waals surface area contributed by atoms with E-state index in [2.05, 4.69) is 32.0 Å². The quantitative estimate of drug-likeness (QED) is 0.780. The molecule has 17 heavy (non-hydrogen) atoms. The molecular formula is C13H22BrN3. The summed E-state index contributed by atoms with van der Waals surface area (Å²) in [5.74, 6) is 0. The first-order chi connectivity index (χ1) is 8.29. The van der Waals surface area contributed by atoms with Crippen LogP contribution < -0.4 is 0 Å². The van der Waals surface area contributed by atoms with E-state index in [-0.39, 0.29) is 0 Å². The summed E-state index contributed by atoms with van der Waals surface area (Å²) < 4.78 is 1.89. The number of rotatable bonds is 5. The molecule has 3 nitrogen and oxygen atoms in total. The van der Waals surface area contributed by atoms with Gasteiger partial charge in [-0.1, -0.05) is 35.2 Å². The monoisotopic (exact) mass is 299 g/mol. The summed E-state index contributed by atoms with van der Waals surface area (Å²) in [4.78, 5) is 2.59. The average molecular weight is 300 g/mol. The molecule has 0 unspecified atom stereocenters. The lowest BCUT2D eigenvalue weighted by Crippen LogP contribution is -2.37. The van der Waals surface area contributed by atoms with Crippen molar-refractivity contribution in [3.8, 4) is 0 Å². The molecule has 1 aliphatic rings. The number of hydrogen-bond acceptors (Lipinski definition) is 2. The van der Waals surface area contributed by atoms with Crippen molar-refractivity contribution in [1.29, 1.82) is 0 Å². The van der Waals surface area contributed by atoms with Crippen LogP contribution in [-0.2, 0) is 13.6 Å². The Hall–Kier alpha value is -0.350. The number of halogens is 1. The third-order valence-corrected chi connectivity index (χ3v) is 3.95. The summed E-state index contributed by atoms with van der Waals surface area (Å²) in [6.07, 6.45) is 8.96. The van der Waals surface area contributed by atoms with Gasteiger partial charge in [0.15, 0.2) is 0 Å². The minimum absolute atomic E-state index is 0.767. The lowest BCUT2D eigenvalue weighted by molar-refractivity contribution is 0.156. The third-order valence-electron chi connectivity index (χ3n) is 3.60. The largest absolute Gasteiger partial charge is 0.294 e. The molecule has 0 atom stereocenters. The van der Waals surface area contributed by atoms with Crippen molar-refractivity contribution < 1.29 is 0 Å². The van der Waals surface area contributed by atoms with E-state index in [9.17, 15) is 0 Å². The standard InChI is InChI=1S/C13H22BrN3/c1-16-9-7-12(15-16)11-17(10-8-14)13-5-3-2-4-6-13/h7,9,13H,2-6,8,10-11H2,1H3. The van der Waals surface area contributed by atoms with Crippen LogP contribution in [0.5, 0.6) is 0 Å². The van der Waals surface area contributed by atoms with Gasteiger partial charge in [-0.2, -0.15) is 5.10 Å². The first-order valence-electron chi connectivity index (χ1n) is 6.58. The maximum absolute atomic E-state index is 4.49. The van der Waals surface area contributed by atoms with Gasteiger partial charge >= 0.3 is 0 Å². The maximum atomic E-state index is 4.49. The molecule has 1 aliphatic carbocycles. The van der Waals surface area contributed by atoms with E-state index in [1.165, 1.54) is 37.8 Å². The number of hydrogen-bond donors (Lipinski definition) is 0. The van der Waals surface area contributed by atoms with Gasteiger partial charge in [0.2, 0.25) is 0 Å². The van der Waals surface area contributed by atoms with Gasteiger partial charge < -0.3 is 0 Å². The summed E-state index contributed by atoms with van der Waals surface area (Å²) in [5.41, 5.74) is 1.19. The molecule has 96 valence electrons. The van der Waals surface area contributed by atoms with Gasteiger partial charge in [0, 0.05) is 37.7 Å². The second-order valence-corrected chi connectivity index (χ2v) is 5.73. The van der Waals surface area contributed by atoms with Crippen LogP contribution in [0.2, 0.25) is 0 Å². The Morgan fingerprint density at radius 2 is 2.18 bits per heavy atom. The number of aromatic nitrogens is 2. The van der Waals surface area contributed by atoms with Gasteiger partial charge in [-0.3, -0.25) is 9.58 Å². The third kappa shape index (κ3) is 3.81. The fourth-order valence-electron chi connectivity index (χ4n) is 2.70. The van der Waals surface area contributed by atoms with Crippen molar-refractivity contribution in [3.63, 3.8) is 0 Å². The zero-order valence-electron chi connectivity index (χ0n) is 10.6. The van der Waals surface area contributed by atoms with E-state index >= 15 is 0 Å². The molecule has 0 spiro atoms. The van der Waals surface area contributed by atoms with Crippen LogP contribution in [0.3, 0.4) is 0 Å². The molecule has 0 N–H and O–H groups in total. The minimum atomic E-state index is 0.767. The Bertz CT molecular complexity index is 331. The molecule has 0 saturated heterocycles. The van der Waals surface area contributed by atoms with Crippen molar-refractivity contribution in [2.45, 2.75) is 44.7 Å². The minimum Gasteiger partial charge on any atom is -0.294 e. The van der Waals surface area contributed by atoms with E-state index in [1.807, 2.05) is 17.9 Å². The maximum Gasteiger partial charge on any atom is 0.0764 e. The molecule has 1 aromatic heterocycles. The predicted octanol–water partition coefficient (Wildman–Crippen LogP) is 2.95. The van der Waals surface area contributed by atoms with Gasteiger partial charge in [0.25, 0.3) is 0 Å². The zero-order valence-corrected chi connectivity index (χ0v) is 12.2. The highest BCUT2D eigenvalue weighted by Gasteiger charge is 2.21. The van der Waals surface area contributed by atoms with E-state index in [4.69, 9.17) is 0 Å². The molecule has 0 aliphatic heterocycles. The highest BCUT2D eigenvalue weighted by molar-refractivity contribution is 9.09. The van der Waals surface area contributed by atoms with Crippen LogP contribution in [-0.4, -0.2) is 32.6 Å². The van der Waals surface area contributed by atoms with Gasteiger partial charge in [-0.25, -0.2) is 0 Å². The van der Waals surface area contributed by atoms with Gasteiger partial charge in [-0.15, -0.1) is 0 Å². The predicted molar refractivity (Wildman–Crippen MR) is 74.3 cm³/mol. The molecule has 1 heterocycles. The molecule has 0 aromatic carbocycles. The van der Waals surface area contributed by atoms with Crippen LogP contribution in [0.25, 0.3) is 0 Å². The van der Waals surface area contributed by atoms with Gasteiger partial charge in [0.1, 0.15) is 0 Å². The Morgan fingerprint density at radius 1 is 1.41 bits per heavy atom. The van der Waals surface area contributed by atoms with Crippen molar-refractivity contribution in [3.05, 3.63) is 18.0 Å². The Labute approximate surface area is 112 Å². The summed E-state index contributed by atoms with van der Waals surface area (Å²) in [7, 11) is 1.99. The van der Waals surface area contributed by atoms with E-state index in [1.54, 1.807) is 0 Å². The van der Waals surface area contributed by atoms with Crippen LogP contribution in [0.15, 0.2) is 12.3 Å². The van der Waals surface area contributed by atoms with E-state index < -0.39 is 0 Å². The average Bonchev–Trinajstić information content (AvgIpc) is 2.75. The van der Waals surface area contributed by atoms with E-state index in [0.717, 1.165) is 24.5 Å². The Balaban J connectivity index is 1.95. The van der Waals surface area contributed by atoms with Crippen LogP contribution in [0.4, 0.5) is 0 Å². The lowest BCUT2D eigenvalue weighted by Gasteiger charge is -2.33. The first-order valence-corrected chi connectivity index (χ1v) is 7.70. The second kappa shape index (κ2) is 6.55. The van der Waals surface area contributed by atoms with Gasteiger partial charge in [0.05, 0.1) is 5.69 Å². The highest BCUT2D eigenvalue weighted by Crippen LogP contribution is 2.23. The van der Waals surface area contributed by atoms with Crippen molar-refractivity contribution in [2.75, 3.05) is 11.9 Å². The van der Waals surface area contributed by atoms with Gasteiger partial charge in [-0.05, 0) is 18.9 Å². The summed E-state index contributed by atoms with van der Waals surface area (Å²) in [6, 6.07) is 2.90. The molecule has 4 heteroatoms. The number of alkyl halides is 1. The van der Waals surface area contributed by atoms with Crippen LogP contribution in [0.1, 0.15) is 37.8 Å². The normalized spacial score (nSPS) is 17.8. The molecule has 0 amide bonds. The Morgan fingerprint density at radius 3 is 2.76 bits per heavy atom. The van der Waals surface area contributed by atoms with Crippen LogP contribution in [0, 0.1) is 0 Å². The molecule has 2 rings (SSSR count). The second-order valence-electron chi connectivity index (χ2n) is 4.93. The molecular weight excluding hydrogens is 278 g/mol. The molecule has 0 radical (unpaired) electrons. The fourth-order valence-corrected chi connectivity index (χ4v) is 3.16. The molecule has 1 aromatic rings. The van der Waals surface area contributed by atoms with Crippen molar-refractivity contribution in [1.82, 2.24) is 14.7 Å². The molecule has 1 fully saturated rings. The van der Waals surface area contributed by atoms with Crippen molar-refractivity contribution >= 4 is 15.9 Å². The molecule has 1 saturated carbocycles. The Kier molecular flexibility index (Phi) is 5.04. The zero-order chi connectivity index (χ0) is 12.1. The van der Waals surface area contributed by atoms with E-state index in [0.29, 0.717) is 0 Å². The topological polar surface area (TPSA) is 21.1 Å². The first kappa shape index (κ1) is 13.1. The smallest absolute Gasteiger partial charge is 0.0764 e.